The summed E-state index contributed by atoms with van der Waals surface area (Å²) in [7, 11) is 1.96. The number of para-hydroxylation sites is 2. The average Bonchev–Trinajstić information content (AvgIpc) is 3.19. The Bertz CT molecular complexity index is 1080. The van der Waals surface area contributed by atoms with Gasteiger partial charge in [-0.2, -0.15) is 0 Å². The maximum absolute atomic E-state index is 12.1. The van der Waals surface area contributed by atoms with E-state index in [4.69, 9.17) is 0 Å². The Balaban J connectivity index is 1.40. The monoisotopic (exact) mass is 366 g/mol. The molecule has 0 bridgehead atoms. The molecule has 0 aliphatic carbocycles. The minimum atomic E-state index is -0.0603. The zero-order chi connectivity index (χ0) is 17.9. The van der Waals surface area contributed by atoms with E-state index in [9.17, 15) is 4.79 Å². The number of imidazole rings is 1. The number of nitrogens with zero attached hydrogens (tertiary/aromatic N) is 5. The molecule has 3 aromatic heterocycles. The fourth-order valence-corrected chi connectivity index (χ4v) is 3.74. The molecule has 1 aromatic carbocycles. The molecule has 0 saturated carbocycles. The Labute approximate surface area is 154 Å². The van der Waals surface area contributed by atoms with Crippen LogP contribution in [-0.2, 0) is 13.6 Å². The van der Waals surface area contributed by atoms with Crippen molar-refractivity contribution in [2.24, 2.45) is 7.05 Å². The highest BCUT2D eigenvalue weighted by atomic mass is 32.2. The second-order valence-corrected chi connectivity index (χ2v) is 6.96. The van der Waals surface area contributed by atoms with Crippen molar-refractivity contribution < 1.29 is 0 Å². The predicted octanol–water partition coefficient (Wildman–Crippen LogP) is 2.70. The molecule has 0 atom stereocenters. The van der Waals surface area contributed by atoms with Crippen LogP contribution < -0.4 is 5.69 Å². The third-order valence-electron chi connectivity index (χ3n) is 4.21. The van der Waals surface area contributed by atoms with E-state index >= 15 is 0 Å². The number of nitrogens with one attached hydrogen (secondary N) is 1. The summed E-state index contributed by atoms with van der Waals surface area (Å²) >= 11 is 1.64. The van der Waals surface area contributed by atoms with Crippen LogP contribution in [0.4, 0.5) is 0 Å². The molecule has 4 aromatic rings. The van der Waals surface area contributed by atoms with Crippen LogP contribution in [0.15, 0.2) is 58.7 Å². The third-order valence-corrected chi connectivity index (χ3v) is 5.32. The van der Waals surface area contributed by atoms with E-state index in [2.05, 4.69) is 20.2 Å². The number of aromatic nitrogens is 6. The molecule has 0 aliphatic heterocycles. The van der Waals surface area contributed by atoms with Gasteiger partial charge < -0.3 is 9.55 Å². The van der Waals surface area contributed by atoms with Gasteiger partial charge in [-0.3, -0.25) is 9.55 Å². The zero-order valence-corrected chi connectivity index (χ0v) is 15.1. The van der Waals surface area contributed by atoms with Crippen molar-refractivity contribution in [1.29, 1.82) is 0 Å². The van der Waals surface area contributed by atoms with Gasteiger partial charge in [0.05, 0.1) is 11.0 Å². The van der Waals surface area contributed by atoms with Gasteiger partial charge in [0.1, 0.15) is 0 Å². The highest BCUT2D eigenvalue weighted by molar-refractivity contribution is 7.99. The first kappa shape index (κ1) is 16.6. The molecule has 1 N–H and O–H groups in total. The molecule has 0 radical (unpaired) electrons. The van der Waals surface area contributed by atoms with Crippen LogP contribution in [0.3, 0.4) is 0 Å². The van der Waals surface area contributed by atoms with E-state index in [1.54, 1.807) is 28.7 Å². The Morgan fingerprint density at radius 2 is 1.92 bits per heavy atom. The number of aryl methyl sites for hydroxylation is 1. The van der Waals surface area contributed by atoms with Crippen molar-refractivity contribution >= 4 is 22.8 Å². The summed E-state index contributed by atoms with van der Waals surface area (Å²) in [5.74, 6) is 1.68. The van der Waals surface area contributed by atoms with Crippen molar-refractivity contribution in [2.75, 3.05) is 5.75 Å². The first-order valence-electron chi connectivity index (χ1n) is 8.34. The van der Waals surface area contributed by atoms with Gasteiger partial charge in [0.2, 0.25) is 0 Å². The highest BCUT2D eigenvalue weighted by Gasteiger charge is 2.11. The lowest BCUT2D eigenvalue weighted by Crippen LogP contribution is -2.17. The molecule has 4 rings (SSSR count). The van der Waals surface area contributed by atoms with Gasteiger partial charge in [-0.05, 0) is 30.7 Å². The fraction of sp³-hybridized carbons (Fsp3) is 0.222. The first-order valence-corrected chi connectivity index (χ1v) is 9.33. The third kappa shape index (κ3) is 3.15. The number of thioether (sulfide) groups is 1. The normalized spacial score (nSPS) is 11.3. The number of aromatic amines is 1. The molecular weight excluding hydrogens is 348 g/mol. The van der Waals surface area contributed by atoms with Crippen LogP contribution in [0, 0.1) is 0 Å². The standard InChI is InChI=1S/C18H18N6OS/c1-23-16(13-7-9-19-10-8-13)21-22-18(23)26-12-4-11-24-15-6-3-2-5-14(15)20-17(24)25/h2-3,5-10H,4,11-12H2,1H3,(H,20,25). The van der Waals surface area contributed by atoms with Crippen molar-refractivity contribution in [3.05, 3.63) is 59.3 Å². The second-order valence-electron chi connectivity index (χ2n) is 5.90. The summed E-state index contributed by atoms with van der Waals surface area (Å²) in [5, 5.41) is 9.41. The molecular formula is C18H18N6OS. The number of fused-ring (bicyclic) bond motifs is 1. The quantitative estimate of drug-likeness (QED) is 0.419. The first-order chi connectivity index (χ1) is 12.7. The Kier molecular flexibility index (Phi) is 4.57. The smallest absolute Gasteiger partial charge is 0.306 e. The van der Waals surface area contributed by atoms with E-state index in [-0.39, 0.29) is 5.69 Å². The largest absolute Gasteiger partial charge is 0.326 e. The van der Waals surface area contributed by atoms with Gasteiger partial charge >= 0.3 is 5.69 Å². The molecule has 132 valence electrons. The summed E-state index contributed by atoms with van der Waals surface area (Å²) in [4.78, 5) is 19.0. The van der Waals surface area contributed by atoms with E-state index in [0.717, 1.165) is 39.8 Å². The van der Waals surface area contributed by atoms with Crippen molar-refractivity contribution in [3.63, 3.8) is 0 Å². The van der Waals surface area contributed by atoms with E-state index < -0.39 is 0 Å². The highest BCUT2D eigenvalue weighted by Crippen LogP contribution is 2.22. The van der Waals surface area contributed by atoms with Crippen molar-refractivity contribution in [2.45, 2.75) is 18.1 Å². The molecule has 3 heterocycles. The van der Waals surface area contributed by atoms with E-state index in [1.165, 1.54) is 0 Å². The average molecular weight is 366 g/mol. The molecule has 0 unspecified atom stereocenters. The van der Waals surface area contributed by atoms with Gasteiger partial charge in [-0.25, -0.2) is 4.79 Å². The minimum absolute atomic E-state index is 0.0603. The van der Waals surface area contributed by atoms with Crippen LogP contribution >= 0.6 is 11.8 Å². The lowest BCUT2D eigenvalue weighted by Gasteiger charge is -2.05. The number of pyridine rings is 1. The maximum atomic E-state index is 12.1. The topological polar surface area (TPSA) is 81.4 Å². The lowest BCUT2D eigenvalue weighted by atomic mass is 10.2. The number of H-pyrrole nitrogens is 1. The fourth-order valence-electron chi connectivity index (χ4n) is 2.91. The summed E-state index contributed by atoms with van der Waals surface area (Å²) in [6, 6.07) is 11.6. The zero-order valence-electron chi connectivity index (χ0n) is 14.3. The summed E-state index contributed by atoms with van der Waals surface area (Å²) < 4.78 is 3.77. The maximum Gasteiger partial charge on any atom is 0.326 e. The predicted molar refractivity (Wildman–Crippen MR) is 102 cm³/mol. The summed E-state index contributed by atoms with van der Waals surface area (Å²) in [6.07, 6.45) is 4.36. The molecule has 8 heteroatoms. The minimum Gasteiger partial charge on any atom is -0.306 e. The molecule has 7 nitrogen and oxygen atoms in total. The van der Waals surface area contributed by atoms with Crippen LogP contribution in [0.5, 0.6) is 0 Å². The Morgan fingerprint density at radius 1 is 1.12 bits per heavy atom. The van der Waals surface area contributed by atoms with Gasteiger partial charge in [0.25, 0.3) is 0 Å². The SMILES string of the molecule is Cn1c(SCCCn2c(=O)[nH]c3ccccc32)nnc1-c1ccncc1. The Hall–Kier alpha value is -2.87. The number of rotatable bonds is 6. The number of benzene rings is 1. The van der Waals surface area contributed by atoms with Crippen LogP contribution in [0.25, 0.3) is 22.4 Å². The molecule has 0 fully saturated rings. The molecule has 0 spiro atoms. The van der Waals surface area contributed by atoms with Crippen LogP contribution in [0.1, 0.15) is 6.42 Å². The van der Waals surface area contributed by atoms with Gasteiger partial charge in [-0.1, -0.05) is 23.9 Å². The van der Waals surface area contributed by atoms with Crippen molar-refractivity contribution in [1.82, 2.24) is 29.3 Å². The van der Waals surface area contributed by atoms with Crippen LogP contribution in [0.2, 0.25) is 0 Å². The molecule has 0 saturated heterocycles. The van der Waals surface area contributed by atoms with Crippen molar-refractivity contribution in [3.8, 4) is 11.4 Å². The molecule has 26 heavy (non-hydrogen) atoms. The second kappa shape index (κ2) is 7.17. The number of hydrogen-bond acceptors (Lipinski definition) is 5. The molecule has 0 aliphatic rings. The van der Waals surface area contributed by atoms with Gasteiger partial charge in [0.15, 0.2) is 11.0 Å². The lowest BCUT2D eigenvalue weighted by molar-refractivity contribution is 0.678. The van der Waals surface area contributed by atoms with Gasteiger partial charge in [0, 0.05) is 37.3 Å². The van der Waals surface area contributed by atoms with Gasteiger partial charge in [-0.15, -0.1) is 10.2 Å². The van der Waals surface area contributed by atoms with Crippen LogP contribution in [-0.4, -0.2) is 35.1 Å². The van der Waals surface area contributed by atoms with E-state index in [1.807, 2.05) is 48.0 Å². The van der Waals surface area contributed by atoms with E-state index in [0.29, 0.717) is 6.54 Å². The number of hydrogen-bond donors (Lipinski definition) is 1. The Morgan fingerprint density at radius 3 is 2.77 bits per heavy atom. The summed E-state index contributed by atoms with van der Waals surface area (Å²) in [5.41, 5.74) is 2.75. The molecule has 0 amide bonds. The summed E-state index contributed by atoms with van der Waals surface area (Å²) in [6.45, 7) is 0.672.